The van der Waals surface area contributed by atoms with Gasteiger partial charge in [-0.25, -0.2) is 4.39 Å². The van der Waals surface area contributed by atoms with Gasteiger partial charge in [0.25, 0.3) is 0 Å². The van der Waals surface area contributed by atoms with E-state index in [9.17, 15) is 4.39 Å². The van der Waals surface area contributed by atoms with Crippen molar-refractivity contribution in [3.8, 4) is 17.6 Å². The van der Waals surface area contributed by atoms with Crippen molar-refractivity contribution in [3.63, 3.8) is 0 Å². The van der Waals surface area contributed by atoms with Crippen LogP contribution < -0.4 is 4.74 Å². The van der Waals surface area contributed by atoms with E-state index in [0.29, 0.717) is 12.2 Å². The average Bonchev–Trinajstić information content (AvgIpc) is 2.45. The fourth-order valence-corrected chi connectivity index (χ4v) is 1.80. The predicted octanol–water partition coefficient (Wildman–Crippen LogP) is 3.06. The molecule has 0 radical (unpaired) electrons. The molecule has 0 fully saturated rings. The fourth-order valence-electron chi connectivity index (χ4n) is 1.80. The molecule has 0 aliphatic rings. The predicted molar refractivity (Wildman–Crippen MR) is 75.9 cm³/mol. The molecule has 0 spiro atoms. The van der Waals surface area contributed by atoms with Crippen molar-refractivity contribution >= 4 is 0 Å². The molecule has 0 aliphatic carbocycles. The zero-order chi connectivity index (χ0) is 14.4. The molecule has 0 heterocycles. The van der Waals surface area contributed by atoms with Crippen molar-refractivity contribution in [1.29, 1.82) is 0 Å². The van der Waals surface area contributed by atoms with Gasteiger partial charge in [-0.3, -0.25) is 0 Å². The molecule has 20 heavy (non-hydrogen) atoms. The van der Waals surface area contributed by atoms with Crippen molar-refractivity contribution < 1.29 is 14.2 Å². The number of benzene rings is 2. The first-order valence-corrected chi connectivity index (χ1v) is 6.26. The normalized spacial score (nSPS) is 9.75. The molecule has 2 nitrogen and oxygen atoms in total. The summed E-state index contributed by atoms with van der Waals surface area (Å²) in [5.74, 6) is 4.98. The first-order valence-electron chi connectivity index (χ1n) is 6.26. The number of aliphatic hydroxyl groups is 1. The van der Waals surface area contributed by atoms with Crippen LogP contribution in [-0.4, -0.2) is 11.7 Å². The maximum atomic E-state index is 13.7. The molecule has 2 aromatic rings. The molecule has 0 bridgehead atoms. The molecule has 102 valence electrons. The van der Waals surface area contributed by atoms with Crippen LogP contribution in [-0.2, 0) is 6.61 Å². The second-order valence-electron chi connectivity index (χ2n) is 4.38. The highest BCUT2D eigenvalue weighted by atomic mass is 19.1. The van der Waals surface area contributed by atoms with Gasteiger partial charge in [0.1, 0.15) is 13.2 Å². The topological polar surface area (TPSA) is 29.5 Å². The van der Waals surface area contributed by atoms with Gasteiger partial charge in [0, 0.05) is 5.56 Å². The van der Waals surface area contributed by atoms with E-state index < -0.39 is 5.82 Å². The van der Waals surface area contributed by atoms with Gasteiger partial charge in [0.15, 0.2) is 11.6 Å². The summed E-state index contributed by atoms with van der Waals surface area (Å²) in [6.07, 6.45) is 0. The van der Waals surface area contributed by atoms with Gasteiger partial charge in [-0.05, 0) is 30.7 Å². The van der Waals surface area contributed by atoms with Crippen LogP contribution in [0.2, 0.25) is 0 Å². The van der Waals surface area contributed by atoms with E-state index in [2.05, 4.69) is 11.8 Å². The summed E-state index contributed by atoms with van der Waals surface area (Å²) >= 11 is 0. The van der Waals surface area contributed by atoms with Crippen LogP contribution in [0.1, 0.15) is 16.7 Å². The van der Waals surface area contributed by atoms with Gasteiger partial charge in [0.05, 0.1) is 0 Å². The maximum Gasteiger partial charge on any atom is 0.165 e. The van der Waals surface area contributed by atoms with Gasteiger partial charge in [-0.2, -0.15) is 0 Å². The van der Waals surface area contributed by atoms with E-state index in [0.717, 1.165) is 11.1 Å². The molecule has 0 aromatic heterocycles. The van der Waals surface area contributed by atoms with Crippen LogP contribution in [0, 0.1) is 24.6 Å². The van der Waals surface area contributed by atoms with Crippen molar-refractivity contribution in [2.24, 2.45) is 0 Å². The van der Waals surface area contributed by atoms with Crippen LogP contribution in [0.25, 0.3) is 0 Å². The number of ether oxygens (including phenoxy) is 1. The molecule has 2 aromatic carbocycles. The number of aliphatic hydroxyl groups excluding tert-OH is 1. The summed E-state index contributed by atoms with van der Waals surface area (Å²) in [4.78, 5) is 0. The van der Waals surface area contributed by atoms with Gasteiger partial charge in [-0.1, -0.05) is 41.7 Å². The van der Waals surface area contributed by atoms with E-state index in [4.69, 9.17) is 9.84 Å². The lowest BCUT2D eigenvalue weighted by Gasteiger charge is -2.08. The van der Waals surface area contributed by atoms with Crippen LogP contribution in [0.4, 0.5) is 4.39 Å². The van der Waals surface area contributed by atoms with Crippen molar-refractivity contribution in [2.75, 3.05) is 6.61 Å². The first-order chi connectivity index (χ1) is 9.69. The van der Waals surface area contributed by atoms with Crippen molar-refractivity contribution in [2.45, 2.75) is 13.5 Å². The van der Waals surface area contributed by atoms with Gasteiger partial charge < -0.3 is 9.84 Å². The third-order valence-electron chi connectivity index (χ3n) is 2.72. The molecule has 1 N–H and O–H groups in total. The van der Waals surface area contributed by atoms with E-state index >= 15 is 0 Å². The molecule has 2 rings (SSSR count). The Morgan fingerprint density at radius 3 is 2.80 bits per heavy atom. The summed E-state index contributed by atoms with van der Waals surface area (Å²) in [7, 11) is 0. The minimum absolute atomic E-state index is 0.163. The smallest absolute Gasteiger partial charge is 0.165 e. The molecule has 0 saturated carbocycles. The molecular formula is C17H15FO2. The summed E-state index contributed by atoms with van der Waals surface area (Å²) < 4.78 is 19.1. The number of rotatable bonds is 3. The minimum Gasteiger partial charge on any atom is -0.486 e. The molecule has 3 heteroatoms. The van der Waals surface area contributed by atoms with Crippen molar-refractivity contribution in [3.05, 3.63) is 65.0 Å². The Morgan fingerprint density at radius 2 is 2.05 bits per heavy atom. The lowest BCUT2D eigenvalue weighted by molar-refractivity contribution is 0.290. The highest BCUT2D eigenvalue weighted by molar-refractivity contribution is 5.40. The van der Waals surface area contributed by atoms with Crippen LogP contribution in [0.15, 0.2) is 42.5 Å². The molecule has 0 aliphatic heterocycles. The zero-order valence-corrected chi connectivity index (χ0v) is 11.2. The Morgan fingerprint density at radius 1 is 1.20 bits per heavy atom. The molecular weight excluding hydrogens is 255 g/mol. The second kappa shape index (κ2) is 6.74. The van der Waals surface area contributed by atoms with E-state index in [1.165, 1.54) is 12.1 Å². The van der Waals surface area contributed by atoms with Gasteiger partial charge in [-0.15, -0.1) is 0 Å². The highest BCUT2D eigenvalue weighted by Gasteiger charge is 2.04. The quantitative estimate of drug-likeness (QED) is 0.869. The first kappa shape index (κ1) is 14.1. The Hall–Kier alpha value is -2.31. The lowest BCUT2D eigenvalue weighted by Crippen LogP contribution is -1.98. The van der Waals surface area contributed by atoms with Crippen LogP contribution in [0.3, 0.4) is 0 Å². The SMILES string of the molecule is Cc1cccc(COc2cc(C#CCO)ccc2F)c1. The number of hydrogen-bond donors (Lipinski definition) is 1. The maximum absolute atomic E-state index is 13.7. The zero-order valence-electron chi connectivity index (χ0n) is 11.2. The lowest BCUT2D eigenvalue weighted by atomic mass is 10.1. The van der Waals surface area contributed by atoms with Crippen LogP contribution >= 0.6 is 0 Å². The van der Waals surface area contributed by atoms with Gasteiger partial charge in [0.2, 0.25) is 0 Å². The number of hydrogen-bond acceptors (Lipinski definition) is 2. The third-order valence-corrected chi connectivity index (χ3v) is 2.72. The third kappa shape index (κ3) is 3.84. The summed E-state index contributed by atoms with van der Waals surface area (Å²) in [6, 6.07) is 12.3. The monoisotopic (exact) mass is 270 g/mol. The highest BCUT2D eigenvalue weighted by Crippen LogP contribution is 2.20. The Kier molecular flexibility index (Phi) is 4.75. The average molecular weight is 270 g/mol. The Bertz CT molecular complexity index is 654. The van der Waals surface area contributed by atoms with E-state index in [1.807, 2.05) is 31.2 Å². The summed E-state index contributed by atoms with van der Waals surface area (Å²) in [5, 5.41) is 8.65. The minimum atomic E-state index is -0.424. The second-order valence-corrected chi connectivity index (χ2v) is 4.38. The molecule has 0 amide bonds. The standard InChI is InChI=1S/C17H15FO2/c1-13-4-2-5-15(10-13)12-20-17-11-14(6-3-9-19)7-8-16(17)18/h2,4-5,7-8,10-11,19H,9,12H2,1H3. The summed E-state index contributed by atoms with van der Waals surface area (Å²) in [5.41, 5.74) is 2.73. The van der Waals surface area contributed by atoms with Crippen LogP contribution in [0.5, 0.6) is 5.75 Å². The van der Waals surface area contributed by atoms with Crippen molar-refractivity contribution in [1.82, 2.24) is 0 Å². The molecule has 0 saturated heterocycles. The van der Waals surface area contributed by atoms with Gasteiger partial charge >= 0.3 is 0 Å². The molecule has 0 unspecified atom stereocenters. The number of aryl methyl sites for hydroxylation is 1. The van der Waals surface area contributed by atoms with E-state index in [1.54, 1.807) is 6.07 Å². The Balaban J connectivity index is 2.12. The summed E-state index contributed by atoms with van der Waals surface area (Å²) in [6.45, 7) is 2.07. The largest absolute Gasteiger partial charge is 0.486 e. The fraction of sp³-hybridized carbons (Fsp3) is 0.176. The Labute approximate surface area is 117 Å². The van der Waals surface area contributed by atoms with E-state index in [-0.39, 0.29) is 12.4 Å². The molecule has 0 atom stereocenters. The number of halogens is 1.